The minimum atomic E-state index is -0.141. The lowest BCUT2D eigenvalue weighted by Gasteiger charge is -2.09. The largest absolute Gasteiger partial charge is 0.326 e. The Bertz CT molecular complexity index is 693. The zero-order valence-corrected chi connectivity index (χ0v) is 14.2. The molecule has 0 saturated heterocycles. The normalized spacial score (nSPS) is 10.3. The van der Waals surface area contributed by atoms with Gasteiger partial charge in [-0.15, -0.1) is 0 Å². The smallest absolute Gasteiger partial charge is 0.224 e. The van der Waals surface area contributed by atoms with E-state index in [9.17, 15) is 9.59 Å². The number of nitrogens with one attached hydrogen (secondary N) is 1. The molecule has 0 radical (unpaired) electrons. The standard InChI is InChI=1S/C18H18BrNO2/c1-12-3-8-16(13(2)11-12)20-18(22)10-9-17(21)14-4-6-15(19)7-5-14/h3-8,11H,9-10H2,1-2H3,(H,20,22). The van der Waals surface area contributed by atoms with Crippen molar-refractivity contribution in [3.63, 3.8) is 0 Å². The maximum atomic E-state index is 12.0. The third-order valence-electron chi connectivity index (χ3n) is 3.40. The predicted molar refractivity (Wildman–Crippen MR) is 92.3 cm³/mol. The van der Waals surface area contributed by atoms with Crippen LogP contribution in [0, 0.1) is 13.8 Å². The number of Topliss-reactive ketones (excluding diaryl/α,β-unsaturated/α-hetero) is 1. The maximum Gasteiger partial charge on any atom is 0.224 e. The Morgan fingerprint density at radius 3 is 2.32 bits per heavy atom. The van der Waals surface area contributed by atoms with Crippen LogP contribution in [0.3, 0.4) is 0 Å². The van der Waals surface area contributed by atoms with E-state index in [-0.39, 0.29) is 24.5 Å². The van der Waals surface area contributed by atoms with Crippen LogP contribution in [0.15, 0.2) is 46.9 Å². The molecule has 0 saturated carbocycles. The van der Waals surface area contributed by atoms with Crippen molar-refractivity contribution in [2.24, 2.45) is 0 Å². The molecule has 2 aromatic rings. The third-order valence-corrected chi connectivity index (χ3v) is 3.93. The highest BCUT2D eigenvalue weighted by Crippen LogP contribution is 2.17. The average Bonchev–Trinajstić information content (AvgIpc) is 2.48. The molecule has 0 bridgehead atoms. The Kier molecular flexibility index (Phi) is 5.50. The van der Waals surface area contributed by atoms with E-state index in [2.05, 4.69) is 21.2 Å². The lowest BCUT2D eigenvalue weighted by molar-refractivity contribution is -0.116. The van der Waals surface area contributed by atoms with E-state index in [0.717, 1.165) is 21.3 Å². The monoisotopic (exact) mass is 359 g/mol. The molecular formula is C18H18BrNO2. The van der Waals surface area contributed by atoms with Gasteiger partial charge >= 0.3 is 0 Å². The van der Waals surface area contributed by atoms with E-state index in [4.69, 9.17) is 0 Å². The van der Waals surface area contributed by atoms with Crippen LogP contribution in [-0.4, -0.2) is 11.7 Å². The number of ketones is 1. The van der Waals surface area contributed by atoms with Gasteiger partial charge in [0.1, 0.15) is 0 Å². The molecule has 0 aliphatic heterocycles. The van der Waals surface area contributed by atoms with Crippen molar-refractivity contribution in [1.29, 1.82) is 0 Å². The molecule has 3 nitrogen and oxygen atoms in total. The van der Waals surface area contributed by atoms with Crippen LogP contribution in [0.25, 0.3) is 0 Å². The van der Waals surface area contributed by atoms with Gasteiger partial charge in [0.05, 0.1) is 0 Å². The summed E-state index contributed by atoms with van der Waals surface area (Å²) in [5.74, 6) is -0.166. The molecule has 4 heteroatoms. The number of hydrogen-bond donors (Lipinski definition) is 1. The lowest BCUT2D eigenvalue weighted by Crippen LogP contribution is -2.14. The molecule has 22 heavy (non-hydrogen) atoms. The van der Waals surface area contributed by atoms with Crippen LogP contribution in [0.5, 0.6) is 0 Å². The molecule has 2 rings (SSSR count). The summed E-state index contributed by atoms with van der Waals surface area (Å²) in [6.07, 6.45) is 0.389. The molecule has 0 aromatic heterocycles. The summed E-state index contributed by atoms with van der Waals surface area (Å²) in [5, 5.41) is 2.85. The summed E-state index contributed by atoms with van der Waals surface area (Å²) >= 11 is 3.33. The third kappa shape index (κ3) is 4.53. The maximum absolute atomic E-state index is 12.0. The minimum absolute atomic E-state index is 0.0247. The minimum Gasteiger partial charge on any atom is -0.326 e. The molecule has 1 N–H and O–H groups in total. The lowest BCUT2D eigenvalue weighted by atomic mass is 10.1. The number of anilines is 1. The molecule has 1 amide bonds. The number of aryl methyl sites for hydroxylation is 2. The van der Waals surface area contributed by atoms with E-state index in [1.807, 2.05) is 44.2 Å². The number of amides is 1. The second-order valence-corrected chi connectivity index (χ2v) is 6.21. The van der Waals surface area contributed by atoms with E-state index in [1.165, 1.54) is 0 Å². The van der Waals surface area contributed by atoms with Gasteiger partial charge in [0, 0.05) is 28.6 Å². The van der Waals surface area contributed by atoms with E-state index in [1.54, 1.807) is 12.1 Å². The first kappa shape index (κ1) is 16.4. The number of rotatable bonds is 5. The fourth-order valence-corrected chi connectivity index (χ4v) is 2.44. The SMILES string of the molecule is Cc1ccc(NC(=O)CCC(=O)c2ccc(Br)cc2)c(C)c1. The molecule has 0 fully saturated rings. The van der Waals surface area contributed by atoms with Gasteiger partial charge in [-0.3, -0.25) is 9.59 Å². The van der Waals surface area contributed by atoms with Gasteiger partial charge < -0.3 is 5.32 Å². The summed E-state index contributed by atoms with van der Waals surface area (Å²) < 4.78 is 0.927. The number of carbonyl (C=O) groups is 2. The van der Waals surface area contributed by atoms with Crippen molar-refractivity contribution >= 4 is 33.3 Å². The Morgan fingerprint density at radius 1 is 1.00 bits per heavy atom. The van der Waals surface area contributed by atoms with Gasteiger partial charge in [-0.25, -0.2) is 0 Å². The van der Waals surface area contributed by atoms with Gasteiger partial charge in [0.25, 0.3) is 0 Å². The number of hydrogen-bond acceptors (Lipinski definition) is 2. The van der Waals surface area contributed by atoms with Crippen molar-refractivity contribution in [1.82, 2.24) is 0 Å². The first-order valence-electron chi connectivity index (χ1n) is 7.11. The molecule has 114 valence electrons. The quantitative estimate of drug-likeness (QED) is 0.788. The molecule has 0 atom stereocenters. The highest BCUT2D eigenvalue weighted by molar-refractivity contribution is 9.10. The predicted octanol–water partition coefficient (Wildman–Crippen LogP) is 4.67. The van der Waals surface area contributed by atoms with Crippen molar-refractivity contribution in [2.75, 3.05) is 5.32 Å². The topological polar surface area (TPSA) is 46.2 Å². The summed E-state index contributed by atoms with van der Waals surface area (Å²) in [5.41, 5.74) is 3.60. The fourth-order valence-electron chi connectivity index (χ4n) is 2.17. The summed E-state index contributed by atoms with van der Waals surface area (Å²) in [4.78, 5) is 24.0. The average molecular weight is 360 g/mol. The van der Waals surface area contributed by atoms with Crippen molar-refractivity contribution in [3.05, 3.63) is 63.6 Å². The highest BCUT2D eigenvalue weighted by atomic mass is 79.9. The Hall–Kier alpha value is -1.94. The van der Waals surface area contributed by atoms with Crippen molar-refractivity contribution < 1.29 is 9.59 Å². The van der Waals surface area contributed by atoms with E-state index in [0.29, 0.717) is 5.56 Å². The molecule has 0 heterocycles. The Labute approximate surface area is 138 Å². The Balaban J connectivity index is 1.89. The van der Waals surface area contributed by atoms with Crippen LogP contribution < -0.4 is 5.32 Å². The summed E-state index contributed by atoms with van der Waals surface area (Å²) in [6.45, 7) is 3.96. The van der Waals surface area contributed by atoms with Gasteiger partial charge in [-0.2, -0.15) is 0 Å². The van der Waals surface area contributed by atoms with Crippen LogP contribution >= 0.6 is 15.9 Å². The van der Waals surface area contributed by atoms with E-state index >= 15 is 0 Å². The molecule has 0 unspecified atom stereocenters. The molecule has 0 aliphatic rings. The fraction of sp³-hybridized carbons (Fsp3) is 0.222. The van der Waals surface area contributed by atoms with Gasteiger partial charge in [0.15, 0.2) is 5.78 Å². The number of halogens is 1. The van der Waals surface area contributed by atoms with Crippen molar-refractivity contribution in [3.8, 4) is 0 Å². The number of carbonyl (C=O) groups excluding carboxylic acids is 2. The molecular weight excluding hydrogens is 342 g/mol. The van der Waals surface area contributed by atoms with Gasteiger partial charge in [0.2, 0.25) is 5.91 Å². The van der Waals surface area contributed by atoms with Crippen LogP contribution in [0.4, 0.5) is 5.69 Å². The Morgan fingerprint density at radius 2 is 1.68 bits per heavy atom. The zero-order chi connectivity index (χ0) is 16.1. The second kappa shape index (κ2) is 7.36. The van der Waals surface area contributed by atoms with E-state index < -0.39 is 0 Å². The molecule has 0 spiro atoms. The number of benzene rings is 2. The summed E-state index contributed by atoms with van der Waals surface area (Å²) in [7, 11) is 0. The molecule has 2 aromatic carbocycles. The van der Waals surface area contributed by atoms with Crippen LogP contribution in [0.1, 0.15) is 34.3 Å². The first-order valence-corrected chi connectivity index (χ1v) is 7.91. The van der Waals surface area contributed by atoms with Crippen molar-refractivity contribution in [2.45, 2.75) is 26.7 Å². The second-order valence-electron chi connectivity index (χ2n) is 5.30. The van der Waals surface area contributed by atoms with Crippen LogP contribution in [0.2, 0.25) is 0 Å². The zero-order valence-electron chi connectivity index (χ0n) is 12.7. The highest BCUT2D eigenvalue weighted by Gasteiger charge is 2.10. The van der Waals surface area contributed by atoms with Gasteiger partial charge in [-0.05, 0) is 37.6 Å². The van der Waals surface area contributed by atoms with Crippen LogP contribution in [-0.2, 0) is 4.79 Å². The van der Waals surface area contributed by atoms with Gasteiger partial charge in [-0.1, -0.05) is 45.8 Å². The first-order chi connectivity index (χ1) is 10.5. The summed E-state index contributed by atoms with van der Waals surface area (Å²) in [6, 6.07) is 13.0. The molecule has 0 aliphatic carbocycles.